The summed E-state index contributed by atoms with van der Waals surface area (Å²) in [7, 11) is 0. The van der Waals surface area contributed by atoms with Gasteiger partial charge in [-0.25, -0.2) is 4.79 Å². The molecule has 0 aliphatic carbocycles. The monoisotopic (exact) mass is 312 g/mol. The van der Waals surface area contributed by atoms with Gasteiger partial charge in [0.25, 0.3) is 0 Å². The highest BCUT2D eigenvalue weighted by molar-refractivity contribution is 5.67. The average molecular weight is 312 g/mol. The normalized spacial score (nSPS) is 12.6. The van der Waals surface area contributed by atoms with Crippen LogP contribution in [-0.2, 0) is 4.74 Å². The molecule has 0 fully saturated rings. The summed E-state index contributed by atoms with van der Waals surface area (Å²) < 4.78 is 5.17. The van der Waals surface area contributed by atoms with Crippen molar-refractivity contribution in [1.29, 1.82) is 0 Å². The number of alkyl carbamates (subject to hydrolysis) is 1. The zero-order valence-corrected chi connectivity index (χ0v) is 15.5. The van der Waals surface area contributed by atoms with Crippen LogP contribution in [0.25, 0.3) is 0 Å². The molecule has 0 radical (unpaired) electrons. The minimum Gasteiger partial charge on any atom is -0.444 e. The van der Waals surface area contributed by atoms with Crippen molar-refractivity contribution in [2.75, 3.05) is 13.1 Å². The Balaban J connectivity index is 3.93. The maximum atomic E-state index is 11.5. The number of nitrogens with one attached hydrogen (secondary N) is 2. The summed E-state index contributed by atoms with van der Waals surface area (Å²) >= 11 is 0. The molecule has 0 unspecified atom stereocenters. The Morgan fingerprint density at radius 3 is 1.95 bits per heavy atom. The number of rotatable bonds is 9. The van der Waals surface area contributed by atoms with E-state index in [1.165, 1.54) is 12.8 Å². The molecule has 2 N–H and O–H groups in total. The van der Waals surface area contributed by atoms with Crippen LogP contribution in [0.4, 0.5) is 4.79 Å². The minimum atomic E-state index is -0.448. The van der Waals surface area contributed by atoms with Crippen molar-refractivity contribution < 1.29 is 9.53 Å². The van der Waals surface area contributed by atoms with Crippen LogP contribution in [0.1, 0.15) is 61.3 Å². The summed E-state index contributed by atoms with van der Waals surface area (Å²) in [5, 5.41) is 6.29. The largest absolute Gasteiger partial charge is 0.444 e. The molecule has 4 nitrogen and oxygen atoms in total. The number of hydrogen-bond donors (Lipinski definition) is 2. The molecular weight excluding hydrogens is 276 g/mol. The quantitative estimate of drug-likeness (QED) is 0.630. The van der Waals surface area contributed by atoms with E-state index >= 15 is 0 Å². The van der Waals surface area contributed by atoms with E-state index in [0.29, 0.717) is 24.4 Å². The predicted octanol–water partition coefficient (Wildman–Crippen LogP) is 4.12. The van der Waals surface area contributed by atoms with Gasteiger partial charge >= 0.3 is 6.09 Å². The number of carbonyl (C=O) groups is 1. The highest BCUT2D eigenvalue weighted by atomic mass is 16.6. The first-order valence-corrected chi connectivity index (χ1v) is 8.45. The molecule has 1 amide bonds. The first-order chi connectivity index (χ1) is 10.1. The number of carbonyl (C=O) groups excluding carboxylic acids is 1. The number of hydrogen-bond acceptors (Lipinski definition) is 3. The third-order valence-corrected chi connectivity index (χ3v) is 2.97. The molecule has 0 aromatic heterocycles. The molecule has 0 spiro atoms. The van der Waals surface area contributed by atoms with Crippen LogP contribution >= 0.6 is 0 Å². The Morgan fingerprint density at radius 1 is 1.00 bits per heavy atom. The highest BCUT2D eigenvalue weighted by Gasteiger charge is 2.15. The Hall–Kier alpha value is -1.03. The van der Waals surface area contributed by atoms with E-state index < -0.39 is 5.60 Å². The zero-order chi connectivity index (χ0) is 17.2. The second kappa shape index (κ2) is 10.7. The van der Waals surface area contributed by atoms with Gasteiger partial charge in [-0.3, -0.25) is 0 Å². The molecule has 0 aromatic rings. The van der Waals surface area contributed by atoms with Gasteiger partial charge in [-0.1, -0.05) is 39.8 Å². The number of ether oxygens (including phenoxy) is 1. The average Bonchev–Trinajstić information content (AvgIpc) is 2.29. The lowest BCUT2D eigenvalue weighted by Gasteiger charge is -2.21. The van der Waals surface area contributed by atoms with Crippen molar-refractivity contribution in [3.05, 3.63) is 12.2 Å². The maximum absolute atomic E-state index is 11.5. The van der Waals surface area contributed by atoms with E-state index in [1.54, 1.807) is 0 Å². The van der Waals surface area contributed by atoms with Crippen molar-refractivity contribution in [2.24, 2.45) is 11.8 Å². The summed E-state index contributed by atoms with van der Waals surface area (Å²) in [6.45, 7) is 15.9. The summed E-state index contributed by atoms with van der Waals surface area (Å²) in [6, 6.07) is 0.559. The first-order valence-electron chi connectivity index (χ1n) is 8.45. The van der Waals surface area contributed by atoms with Crippen LogP contribution in [0.3, 0.4) is 0 Å². The van der Waals surface area contributed by atoms with Crippen molar-refractivity contribution in [2.45, 2.75) is 73.0 Å². The van der Waals surface area contributed by atoms with Crippen LogP contribution in [0.15, 0.2) is 12.2 Å². The second-order valence-electron chi connectivity index (χ2n) is 7.72. The first kappa shape index (κ1) is 21.0. The van der Waals surface area contributed by atoms with E-state index in [4.69, 9.17) is 4.74 Å². The van der Waals surface area contributed by atoms with Crippen LogP contribution < -0.4 is 10.6 Å². The van der Waals surface area contributed by atoms with Gasteiger partial charge in [-0.2, -0.15) is 0 Å². The van der Waals surface area contributed by atoms with Gasteiger partial charge in [0.2, 0.25) is 0 Å². The molecule has 0 bridgehead atoms. The predicted molar refractivity (Wildman–Crippen MR) is 94.1 cm³/mol. The third-order valence-electron chi connectivity index (χ3n) is 2.97. The van der Waals surface area contributed by atoms with E-state index in [2.05, 4.69) is 44.4 Å². The van der Waals surface area contributed by atoms with Crippen molar-refractivity contribution in [3.8, 4) is 0 Å². The Labute approximate surface area is 137 Å². The van der Waals surface area contributed by atoms with E-state index in [-0.39, 0.29) is 6.09 Å². The summed E-state index contributed by atoms with van der Waals surface area (Å²) in [5.74, 6) is 1.41. The number of amides is 1. The Kier molecular flexibility index (Phi) is 10.2. The molecule has 0 saturated carbocycles. The van der Waals surface area contributed by atoms with Gasteiger partial charge in [0.1, 0.15) is 5.60 Å². The van der Waals surface area contributed by atoms with Crippen LogP contribution in [-0.4, -0.2) is 30.8 Å². The topological polar surface area (TPSA) is 50.4 Å². The molecule has 0 aromatic carbocycles. The maximum Gasteiger partial charge on any atom is 0.407 e. The van der Waals surface area contributed by atoms with Gasteiger partial charge in [0, 0.05) is 19.1 Å². The Morgan fingerprint density at radius 2 is 1.50 bits per heavy atom. The van der Waals surface area contributed by atoms with Crippen molar-refractivity contribution in [3.63, 3.8) is 0 Å². The molecule has 0 heterocycles. The fourth-order valence-corrected chi connectivity index (χ4v) is 2.26. The lowest BCUT2D eigenvalue weighted by Crippen LogP contribution is -2.33. The van der Waals surface area contributed by atoms with Gasteiger partial charge in [0.05, 0.1) is 0 Å². The lowest BCUT2D eigenvalue weighted by atomic mass is 9.96. The molecule has 4 heteroatoms. The second-order valence-corrected chi connectivity index (χ2v) is 7.72. The molecule has 22 heavy (non-hydrogen) atoms. The minimum absolute atomic E-state index is 0.373. The molecule has 0 rings (SSSR count). The smallest absolute Gasteiger partial charge is 0.407 e. The zero-order valence-electron chi connectivity index (χ0n) is 15.5. The van der Waals surface area contributed by atoms with E-state index in [1.807, 2.05) is 26.8 Å². The molecule has 0 saturated heterocycles. The van der Waals surface area contributed by atoms with Gasteiger partial charge in [0.15, 0.2) is 0 Å². The molecular formula is C18H36N2O2. The molecule has 0 aliphatic heterocycles. The molecule has 0 atom stereocenters. The SMILES string of the molecule is CC(C)CC(CC(C)C)NC/C=C/CNC(=O)OC(C)(C)C. The van der Waals surface area contributed by atoms with Crippen LogP contribution in [0, 0.1) is 11.8 Å². The molecule has 130 valence electrons. The third kappa shape index (κ3) is 13.9. The lowest BCUT2D eigenvalue weighted by molar-refractivity contribution is 0.0534. The van der Waals surface area contributed by atoms with E-state index in [9.17, 15) is 4.79 Å². The van der Waals surface area contributed by atoms with Gasteiger partial charge < -0.3 is 15.4 Å². The van der Waals surface area contributed by atoms with Crippen LogP contribution in [0.2, 0.25) is 0 Å². The van der Waals surface area contributed by atoms with Crippen LogP contribution in [0.5, 0.6) is 0 Å². The summed E-state index contributed by atoms with van der Waals surface area (Å²) in [5.41, 5.74) is -0.448. The van der Waals surface area contributed by atoms with Gasteiger partial charge in [-0.15, -0.1) is 0 Å². The summed E-state index contributed by atoms with van der Waals surface area (Å²) in [6.07, 6.45) is 6.04. The summed E-state index contributed by atoms with van der Waals surface area (Å²) in [4.78, 5) is 11.5. The van der Waals surface area contributed by atoms with E-state index in [0.717, 1.165) is 6.54 Å². The standard InChI is InChI=1S/C18H36N2O2/c1-14(2)12-16(13-15(3)4)19-10-8-9-11-20-17(21)22-18(5,6)7/h8-9,14-16,19H,10-13H2,1-7H3,(H,20,21)/b9-8+. The highest BCUT2D eigenvalue weighted by Crippen LogP contribution is 2.13. The Bertz CT molecular complexity index is 320. The molecule has 0 aliphatic rings. The van der Waals surface area contributed by atoms with Gasteiger partial charge in [-0.05, 0) is 45.4 Å². The fourth-order valence-electron chi connectivity index (χ4n) is 2.26. The van der Waals surface area contributed by atoms with Crippen molar-refractivity contribution in [1.82, 2.24) is 10.6 Å². The fraction of sp³-hybridized carbons (Fsp3) is 0.833. The van der Waals surface area contributed by atoms with Crippen molar-refractivity contribution >= 4 is 6.09 Å².